The summed E-state index contributed by atoms with van der Waals surface area (Å²) in [5, 5.41) is 10.2. The Morgan fingerprint density at radius 3 is 2.25 bits per heavy atom. The molecule has 2 aromatic carbocycles. The number of hydrogen-bond acceptors (Lipinski definition) is 2. The van der Waals surface area contributed by atoms with E-state index in [-0.39, 0.29) is 17.9 Å². The largest absolute Gasteiger partial charge is 0.490 e. The van der Waals surface area contributed by atoms with Crippen molar-refractivity contribution in [2.24, 2.45) is 0 Å². The van der Waals surface area contributed by atoms with Crippen molar-refractivity contribution in [2.45, 2.75) is 58.2 Å². The number of unbranched alkanes of at least 4 members (excludes halogenated alkanes) is 3. The lowest BCUT2D eigenvalue weighted by Crippen LogP contribution is -2.40. The minimum Gasteiger partial charge on any atom is -0.490 e. The van der Waals surface area contributed by atoms with Crippen molar-refractivity contribution in [3.63, 3.8) is 0 Å². The van der Waals surface area contributed by atoms with Gasteiger partial charge in [0, 0.05) is 12.2 Å². The van der Waals surface area contributed by atoms with Gasteiger partial charge in [-0.15, -0.1) is 0 Å². The van der Waals surface area contributed by atoms with E-state index in [1.54, 1.807) is 6.07 Å². The van der Waals surface area contributed by atoms with E-state index < -0.39 is 19.7 Å². The first kappa shape index (κ1) is 22.6. The molecule has 0 aliphatic carbocycles. The lowest BCUT2D eigenvalue weighted by Gasteiger charge is -2.23. The molecule has 154 valence electrons. The molecule has 0 unspecified atom stereocenters. The Morgan fingerprint density at radius 2 is 1.61 bits per heavy atom. The molecule has 0 amide bonds. The van der Waals surface area contributed by atoms with E-state index >= 15 is 0 Å². The first-order chi connectivity index (χ1) is 13.4. The third-order valence-corrected chi connectivity index (χ3v) is 8.74. The van der Waals surface area contributed by atoms with E-state index in [4.69, 9.17) is 9.84 Å². The van der Waals surface area contributed by atoms with Gasteiger partial charge in [-0.1, -0.05) is 74.8 Å². The summed E-state index contributed by atoms with van der Waals surface area (Å²) < 4.78 is 34.2. The minimum atomic E-state index is -1.57. The van der Waals surface area contributed by atoms with E-state index in [0.29, 0.717) is 12.2 Å². The highest BCUT2D eigenvalue weighted by molar-refractivity contribution is 6.89. The molecule has 0 heterocycles. The topological polar surface area (TPSA) is 29.5 Å². The van der Waals surface area contributed by atoms with Crippen molar-refractivity contribution in [2.75, 3.05) is 13.2 Å². The van der Waals surface area contributed by atoms with Crippen LogP contribution < -0.4 is 9.92 Å². The second kappa shape index (κ2) is 10.7. The number of benzene rings is 2. The quantitative estimate of drug-likeness (QED) is 0.372. The van der Waals surface area contributed by atoms with Gasteiger partial charge < -0.3 is 9.84 Å². The predicted octanol–water partition coefficient (Wildman–Crippen LogP) is 5.89. The first-order valence-corrected chi connectivity index (χ1v) is 13.4. The highest BCUT2D eigenvalue weighted by Crippen LogP contribution is 2.30. The zero-order valence-corrected chi connectivity index (χ0v) is 18.2. The van der Waals surface area contributed by atoms with Crippen LogP contribution in [0.4, 0.5) is 8.78 Å². The summed E-state index contributed by atoms with van der Waals surface area (Å²) in [5.74, 6) is -1.80. The summed E-state index contributed by atoms with van der Waals surface area (Å²) in [7, 11) is -1.57. The lowest BCUT2D eigenvalue weighted by molar-refractivity contribution is 0.284. The third-order valence-electron chi connectivity index (χ3n) is 5.24. The molecule has 0 aliphatic rings. The van der Waals surface area contributed by atoms with Gasteiger partial charge in [-0.3, -0.25) is 0 Å². The molecule has 0 aromatic heterocycles. The number of ether oxygens (including phenoxy) is 1. The van der Waals surface area contributed by atoms with Crippen molar-refractivity contribution >= 4 is 13.3 Å². The fraction of sp³-hybridized carbons (Fsp3) is 0.478. The van der Waals surface area contributed by atoms with E-state index in [1.807, 2.05) is 19.1 Å². The molecule has 2 rings (SSSR count). The molecule has 5 heteroatoms. The molecular weight excluding hydrogens is 374 g/mol. The molecule has 28 heavy (non-hydrogen) atoms. The third kappa shape index (κ3) is 5.88. The molecule has 0 spiro atoms. The van der Waals surface area contributed by atoms with Crippen LogP contribution in [0.3, 0.4) is 0 Å². The summed E-state index contributed by atoms with van der Waals surface area (Å²) in [6, 6.07) is 12.1. The Balaban J connectivity index is 2.13. The normalized spacial score (nSPS) is 11.6. The van der Waals surface area contributed by atoms with Crippen LogP contribution in [-0.4, -0.2) is 26.4 Å². The molecule has 0 saturated heterocycles. The fourth-order valence-electron chi connectivity index (χ4n) is 3.29. The second-order valence-corrected chi connectivity index (χ2v) is 12.8. The number of rotatable bonds is 11. The highest BCUT2D eigenvalue weighted by Gasteiger charge is 2.23. The number of hydrogen-bond donors (Lipinski definition) is 1. The van der Waals surface area contributed by atoms with Gasteiger partial charge in [-0.2, -0.15) is 4.39 Å². The van der Waals surface area contributed by atoms with Gasteiger partial charge in [0.05, 0.1) is 14.7 Å². The first-order valence-electron chi connectivity index (χ1n) is 10.2. The highest BCUT2D eigenvalue weighted by atomic mass is 28.3. The maximum atomic E-state index is 14.6. The molecule has 1 N–H and O–H groups in total. The Bertz CT molecular complexity index is 745. The van der Waals surface area contributed by atoms with Crippen LogP contribution in [0.5, 0.6) is 5.75 Å². The van der Waals surface area contributed by atoms with Gasteiger partial charge in [0.2, 0.25) is 5.82 Å². The summed E-state index contributed by atoms with van der Waals surface area (Å²) in [4.78, 5) is 0. The smallest absolute Gasteiger partial charge is 0.201 e. The molecule has 0 bridgehead atoms. The molecule has 0 aliphatic heterocycles. The second-order valence-electron chi connectivity index (χ2n) is 7.94. The summed E-state index contributed by atoms with van der Waals surface area (Å²) >= 11 is 0. The van der Waals surface area contributed by atoms with Gasteiger partial charge >= 0.3 is 0 Å². The van der Waals surface area contributed by atoms with Crippen LogP contribution >= 0.6 is 0 Å². The van der Waals surface area contributed by atoms with Gasteiger partial charge in [-0.25, -0.2) is 4.39 Å². The van der Waals surface area contributed by atoms with Crippen molar-refractivity contribution in [3.8, 4) is 16.9 Å². The zero-order chi connectivity index (χ0) is 20.6. The molecule has 0 radical (unpaired) electrons. The Kier molecular flexibility index (Phi) is 8.64. The van der Waals surface area contributed by atoms with E-state index in [1.165, 1.54) is 11.3 Å². The van der Waals surface area contributed by atoms with E-state index in [0.717, 1.165) is 38.1 Å². The lowest BCUT2D eigenvalue weighted by atomic mass is 10.0. The van der Waals surface area contributed by atoms with Gasteiger partial charge in [0.25, 0.3) is 0 Å². The summed E-state index contributed by atoms with van der Waals surface area (Å²) in [6.07, 6.45) is 4.76. The van der Waals surface area contributed by atoms with Gasteiger partial charge in [-0.05, 0) is 30.5 Å². The molecule has 2 nitrogen and oxygen atoms in total. The van der Waals surface area contributed by atoms with Crippen LogP contribution in [0.15, 0.2) is 36.4 Å². The standard InChI is InChI=1S/C23H32F2O2Si/c1-4-5-16-27-21-14-13-20(22(24)23(21)25)18-9-11-19(12-10-18)28(2,3)17-8-6-7-15-26/h9-14,26H,4-8,15-17H2,1-3H3. The predicted molar refractivity (Wildman–Crippen MR) is 115 cm³/mol. The molecule has 0 atom stereocenters. The summed E-state index contributed by atoms with van der Waals surface area (Å²) in [5.41, 5.74) is 0.930. The van der Waals surface area contributed by atoms with Crippen LogP contribution in [-0.2, 0) is 0 Å². The van der Waals surface area contributed by atoms with Crippen molar-refractivity contribution in [3.05, 3.63) is 48.0 Å². The number of aliphatic hydroxyl groups excluding tert-OH is 1. The fourth-order valence-corrected chi connectivity index (χ4v) is 5.79. The Morgan fingerprint density at radius 1 is 0.893 bits per heavy atom. The average Bonchev–Trinajstić information content (AvgIpc) is 2.69. The number of aliphatic hydroxyl groups is 1. The Hall–Kier alpha value is -1.72. The minimum absolute atomic E-state index is 0.0252. The Labute approximate surface area is 168 Å². The molecular formula is C23H32F2O2Si. The molecule has 2 aromatic rings. The van der Waals surface area contributed by atoms with E-state index in [2.05, 4.69) is 25.2 Å². The maximum Gasteiger partial charge on any atom is 0.201 e. The van der Waals surface area contributed by atoms with Crippen LogP contribution in [0.1, 0.15) is 39.0 Å². The van der Waals surface area contributed by atoms with Crippen LogP contribution in [0.25, 0.3) is 11.1 Å². The maximum absolute atomic E-state index is 14.6. The molecule has 0 fully saturated rings. The SMILES string of the molecule is CCCCOc1ccc(-c2ccc([Si](C)(C)CCCCCO)cc2)c(F)c1F. The summed E-state index contributed by atoms with van der Waals surface area (Å²) in [6.45, 7) is 7.31. The van der Waals surface area contributed by atoms with Crippen LogP contribution in [0.2, 0.25) is 19.1 Å². The van der Waals surface area contributed by atoms with Crippen molar-refractivity contribution < 1.29 is 18.6 Å². The van der Waals surface area contributed by atoms with Gasteiger partial charge in [0.15, 0.2) is 11.6 Å². The van der Waals surface area contributed by atoms with Crippen molar-refractivity contribution in [1.29, 1.82) is 0 Å². The monoisotopic (exact) mass is 406 g/mol. The zero-order valence-electron chi connectivity index (χ0n) is 17.2. The average molecular weight is 407 g/mol. The number of halogens is 2. The molecule has 0 saturated carbocycles. The van der Waals surface area contributed by atoms with E-state index in [9.17, 15) is 8.78 Å². The van der Waals surface area contributed by atoms with Gasteiger partial charge in [0.1, 0.15) is 0 Å². The van der Waals surface area contributed by atoms with Crippen LogP contribution in [0, 0.1) is 11.6 Å². The van der Waals surface area contributed by atoms with Crippen molar-refractivity contribution in [1.82, 2.24) is 0 Å².